The highest BCUT2D eigenvalue weighted by atomic mass is 16.5. The monoisotopic (exact) mass is 309 g/mol. The first kappa shape index (κ1) is 15.1. The summed E-state index contributed by atoms with van der Waals surface area (Å²) in [4.78, 5) is 18.5. The Balaban J connectivity index is 1.70. The number of nitrogens with zero attached hydrogens (tertiary/aromatic N) is 3. The van der Waals surface area contributed by atoms with Crippen molar-refractivity contribution in [2.45, 2.75) is 13.1 Å². The summed E-state index contributed by atoms with van der Waals surface area (Å²) in [6, 6.07) is 15.5. The van der Waals surface area contributed by atoms with E-state index in [1.54, 1.807) is 25.4 Å². The minimum atomic E-state index is 0.0379. The van der Waals surface area contributed by atoms with Crippen LogP contribution >= 0.6 is 0 Å². The summed E-state index contributed by atoms with van der Waals surface area (Å²) in [5.74, 6) is 0.833. The van der Waals surface area contributed by atoms with E-state index < -0.39 is 0 Å². The predicted octanol–water partition coefficient (Wildman–Crippen LogP) is 2.70. The van der Waals surface area contributed by atoms with Crippen molar-refractivity contribution in [2.24, 2.45) is 0 Å². The molecule has 5 nitrogen and oxygen atoms in total. The number of methoxy groups -OCH3 is 1. The molecule has 23 heavy (non-hydrogen) atoms. The lowest BCUT2D eigenvalue weighted by Crippen LogP contribution is -2.29. The van der Waals surface area contributed by atoms with Crippen LogP contribution in [0.5, 0.6) is 5.75 Å². The standard InChI is InChI=1S/C18H19N3O2/c1-20(11-14-6-5-7-15(10-14)23-2)18(22)12-21-13-19-16-8-3-4-9-17(16)21/h3-10,13H,11-12H2,1-2H3. The highest BCUT2D eigenvalue weighted by Gasteiger charge is 2.12. The Kier molecular flexibility index (Phi) is 4.28. The van der Waals surface area contributed by atoms with E-state index in [9.17, 15) is 4.79 Å². The number of benzene rings is 2. The number of carbonyl (C=O) groups excluding carboxylic acids is 1. The summed E-state index contributed by atoms with van der Waals surface area (Å²) in [7, 11) is 3.44. The summed E-state index contributed by atoms with van der Waals surface area (Å²) in [5, 5.41) is 0. The zero-order valence-corrected chi connectivity index (χ0v) is 13.3. The van der Waals surface area contributed by atoms with Gasteiger partial charge in [0.05, 0.1) is 24.5 Å². The minimum Gasteiger partial charge on any atom is -0.497 e. The minimum absolute atomic E-state index is 0.0379. The Morgan fingerprint density at radius 2 is 2.04 bits per heavy atom. The van der Waals surface area contributed by atoms with E-state index in [2.05, 4.69) is 4.98 Å². The lowest BCUT2D eigenvalue weighted by Gasteiger charge is -2.18. The molecule has 0 atom stereocenters. The van der Waals surface area contributed by atoms with Crippen LogP contribution in [-0.2, 0) is 17.9 Å². The number of rotatable bonds is 5. The quantitative estimate of drug-likeness (QED) is 0.728. The van der Waals surface area contributed by atoms with Gasteiger partial charge in [-0.1, -0.05) is 24.3 Å². The van der Waals surface area contributed by atoms with Gasteiger partial charge in [0.1, 0.15) is 12.3 Å². The largest absolute Gasteiger partial charge is 0.497 e. The van der Waals surface area contributed by atoms with Gasteiger partial charge >= 0.3 is 0 Å². The second-order valence-electron chi connectivity index (χ2n) is 5.46. The van der Waals surface area contributed by atoms with Crippen molar-refractivity contribution >= 4 is 16.9 Å². The number of para-hydroxylation sites is 2. The molecule has 0 spiro atoms. The fraction of sp³-hybridized carbons (Fsp3) is 0.222. The molecule has 1 amide bonds. The molecule has 1 heterocycles. The Bertz CT molecular complexity index is 826. The first-order chi connectivity index (χ1) is 11.2. The molecular formula is C18H19N3O2. The van der Waals surface area contributed by atoms with E-state index in [-0.39, 0.29) is 12.5 Å². The molecule has 2 aromatic carbocycles. The van der Waals surface area contributed by atoms with Crippen molar-refractivity contribution in [3.8, 4) is 5.75 Å². The summed E-state index contributed by atoms with van der Waals surface area (Å²) in [5.41, 5.74) is 2.90. The Morgan fingerprint density at radius 3 is 2.87 bits per heavy atom. The lowest BCUT2D eigenvalue weighted by atomic mass is 10.2. The van der Waals surface area contributed by atoms with Crippen LogP contribution in [0, 0.1) is 0 Å². The van der Waals surface area contributed by atoms with Gasteiger partial charge in [0.25, 0.3) is 0 Å². The van der Waals surface area contributed by atoms with Gasteiger partial charge in [0.15, 0.2) is 0 Å². The zero-order valence-electron chi connectivity index (χ0n) is 13.3. The number of hydrogen-bond acceptors (Lipinski definition) is 3. The Hall–Kier alpha value is -2.82. The van der Waals surface area contributed by atoms with Gasteiger partial charge in [-0.05, 0) is 29.8 Å². The third-order valence-electron chi connectivity index (χ3n) is 3.81. The van der Waals surface area contributed by atoms with Crippen LogP contribution in [0.2, 0.25) is 0 Å². The maximum Gasteiger partial charge on any atom is 0.242 e. The van der Waals surface area contributed by atoms with Crippen molar-refractivity contribution in [3.63, 3.8) is 0 Å². The van der Waals surface area contributed by atoms with Gasteiger partial charge in [-0.25, -0.2) is 4.98 Å². The third-order valence-corrected chi connectivity index (χ3v) is 3.81. The van der Waals surface area contributed by atoms with Crippen LogP contribution < -0.4 is 4.74 Å². The molecule has 0 saturated carbocycles. The number of imidazole rings is 1. The van der Waals surface area contributed by atoms with E-state index in [1.807, 2.05) is 53.1 Å². The van der Waals surface area contributed by atoms with E-state index in [1.165, 1.54) is 0 Å². The first-order valence-corrected chi connectivity index (χ1v) is 7.44. The van der Waals surface area contributed by atoms with E-state index >= 15 is 0 Å². The van der Waals surface area contributed by atoms with Gasteiger partial charge < -0.3 is 14.2 Å². The van der Waals surface area contributed by atoms with Crippen molar-refractivity contribution in [2.75, 3.05) is 14.2 Å². The van der Waals surface area contributed by atoms with Crippen molar-refractivity contribution in [1.29, 1.82) is 0 Å². The topological polar surface area (TPSA) is 47.4 Å². The molecule has 3 aromatic rings. The van der Waals surface area contributed by atoms with E-state index in [0.29, 0.717) is 6.54 Å². The number of aromatic nitrogens is 2. The van der Waals surface area contributed by atoms with Crippen molar-refractivity contribution < 1.29 is 9.53 Å². The second-order valence-corrected chi connectivity index (χ2v) is 5.46. The molecule has 3 rings (SSSR count). The van der Waals surface area contributed by atoms with Crippen LogP contribution in [-0.4, -0.2) is 34.5 Å². The summed E-state index contributed by atoms with van der Waals surface area (Å²) in [6.07, 6.45) is 1.71. The van der Waals surface area contributed by atoms with Gasteiger partial charge in [-0.3, -0.25) is 4.79 Å². The molecule has 118 valence electrons. The van der Waals surface area contributed by atoms with Gasteiger partial charge in [0, 0.05) is 13.6 Å². The summed E-state index contributed by atoms with van der Waals surface area (Å²) < 4.78 is 7.09. The molecule has 0 fully saturated rings. The maximum atomic E-state index is 12.5. The average molecular weight is 309 g/mol. The first-order valence-electron chi connectivity index (χ1n) is 7.44. The zero-order chi connectivity index (χ0) is 16.2. The highest BCUT2D eigenvalue weighted by Crippen LogP contribution is 2.15. The Labute approximate surface area is 135 Å². The molecule has 5 heteroatoms. The molecule has 0 N–H and O–H groups in total. The number of amides is 1. The predicted molar refractivity (Wildman–Crippen MR) is 89.2 cm³/mol. The highest BCUT2D eigenvalue weighted by molar-refractivity contribution is 5.80. The van der Waals surface area contributed by atoms with Gasteiger partial charge in [-0.15, -0.1) is 0 Å². The molecule has 1 aromatic heterocycles. The van der Waals surface area contributed by atoms with E-state index in [0.717, 1.165) is 22.3 Å². The molecule has 0 saturated heterocycles. The van der Waals surface area contributed by atoms with Crippen LogP contribution in [0.25, 0.3) is 11.0 Å². The molecule has 0 unspecified atom stereocenters. The molecule has 0 radical (unpaired) electrons. The number of ether oxygens (including phenoxy) is 1. The molecule has 0 bridgehead atoms. The van der Waals surface area contributed by atoms with E-state index in [4.69, 9.17) is 4.74 Å². The molecule has 0 aliphatic rings. The van der Waals surface area contributed by atoms with Crippen LogP contribution in [0.15, 0.2) is 54.9 Å². The van der Waals surface area contributed by atoms with Crippen molar-refractivity contribution in [1.82, 2.24) is 14.5 Å². The van der Waals surface area contributed by atoms with Crippen LogP contribution in [0.4, 0.5) is 0 Å². The fourth-order valence-corrected chi connectivity index (χ4v) is 2.54. The smallest absolute Gasteiger partial charge is 0.242 e. The van der Waals surface area contributed by atoms with Crippen molar-refractivity contribution in [3.05, 3.63) is 60.4 Å². The summed E-state index contributed by atoms with van der Waals surface area (Å²) in [6.45, 7) is 0.823. The Morgan fingerprint density at radius 1 is 1.22 bits per heavy atom. The normalized spacial score (nSPS) is 10.7. The van der Waals surface area contributed by atoms with Gasteiger partial charge in [-0.2, -0.15) is 0 Å². The van der Waals surface area contributed by atoms with Crippen LogP contribution in [0.3, 0.4) is 0 Å². The number of likely N-dealkylation sites (N-methyl/N-ethyl adjacent to an activating group) is 1. The molecule has 0 aliphatic heterocycles. The second kappa shape index (κ2) is 6.52. The fourth-order valence-electron chi connectivity index (χ4n) is 2.54. The molecular weight excluding hydrogens is 290 g/mol. The lowest BCUT2D eigenvalue weighted by molar-refractivity contribution is -0.131. The third kappa shape index (κ3) is 3.34. The summed E-state index contributed by atoms with van der Waals surface area (Å²) >= 11 is 0. The SMILES string of the molecule is COc1cccc(CN(C)C(=O)Cn2cnc3ccccc32)c1. The molecule has 0 aliphatic carbocycles. The maximum absolute atomic E-state index is 12.5. The number of fused-ring (bicyclic) bond motifs is 1. The average Bonchev–Trinajstić information content (AvgIpc) is 2.98. The number of carbonyl (C=O) groups is 1. The van der Waals surface area contributed by atoms with Crippen LogP contribution in [0.1, 0.15) is 5.56 Å². The van der Waals surface area contributed by atoms with Gasteiger partial charge in [0.2, 0.25) is 5.91 Å². The number of hydrogen-bond donors (Lipinski definition) is 0.